The van der Waals surface area contributed by atoms with E-state index in [-0.39, 0.29) is 18.1 Å². The summed E-state index contributed by atoms with van der Waals surface area (Å²) in [5.41, 5.74) is 0.215. The first-order valence-corrected chi connectivity index (χ1v) is 6.23. The number of nitrogens with zero attached hydrogens (tertiary/aromatic N) is 1. The summed E-state index contributed by atoms with van der Waals surface area (Å²) < 4.78 is 5.33. The highest BCUT2D eigenvalue weighted by molar-refractivity contribution is 7.13. The molecular weight excluding hydrogens is 240 g/mol. The molecule has 0 aliphatic carbocycles. The molecule has 1 unspecified atom stereocenters. The highest BCUT2D eigenvalue weighted by atomic mass is 32.1. The molecule has 0 aromatic carbocycles. The molecule has 0 fully saturated rings. The topological polar surface area (TPSA) is 71.5 Å². The highest BCUT2D eigenvalue weighted by Gasteiger charge is 2.14. The Kier molecular flexibility index (Phi) is 4.62. The molecule has 1 rings (SSSR count). The molecule has 2 N–H and O–H groups in total. The molecule has 1 aromatic heterocycles. The van der Waals surface area contributed by atoms with Crippen molar-refractivity contribution in [3.05, 3.63) is 11.1 Å². The fourth-order valence-electron chi connectivity index (χ4n) is 0.973. The van der Waals surface area contributed by atoms with Gasteiger partial charge >= 0.3 is 0 Å². The number of hydrogen-bond acceptors (Lipinski definition) is 5. The smallest absolute Gasteiger partial charge is 0.252 e. The summed E-state index contributed by atoms with van der Waals surface area (Å²) >= 11 is 1.28. The van der Waals surface area contributed by atoms with Crippen molar-refractivity contribution in [3.8, 4) is 0 Å². The molecular formula is C11H18N2O3S. The van der Waals surface area contributed by atoms with E-state index in [4.69, 9.17) is 4.74 Å². The van der Waals surface area contributed by atoms with E-state index in [0.717, 1.165) is 0 Å². The van der Waals surface area contributed by atoms with Gasteiger partial charge in [-0.15, -0.1) is 11.3 Å². The Labute approximate surface area is 105 Å². The number of aliphatic hydroxyl groups is 1. The molecule has 1 amide bonds. The van der Waals surface area contributed by atoms with Gasteiger partial charge in [-0.25, -0.2) is 4.98 Å². The van der Waals surface area contributed by atoms with Crippen molar-refractivity contribution in [2.24, 2.45) is 0 Å². The predicted octanol–water partition coefficient (Wildman–Crippen LogP) is 1.95. The molecule has 0 aliphatic rings. The van der Waals surface area contributed by atoms with Gasteiger partial charge in [0.2, 0.25) is 0 Å². The molecule has 17 heavy (non-hydrogen) atoms. The number of nitrogens with one attached hydrogen (secondary N) is 1. The highest BCUT2D eigenvalue weighted by Crippen LogP contribution is 2.20. The van der Waals surface area contributed by atoms with Crippen LogP contribution in [0.1, 0.15) is 39.5 Å². The van der Waals surface area contributed by atoms with Gasteiger partial charge in [-0.05, 0) is 27.7 Å². The number of thiazole rings is 1. The summed E-state index contributed by atoms with van der Waals surface area (Å²) in [6.45, 7) is 7.27. The van der Waals surface area contributed by atoms with Crippen molar-refractivity contribution >= 4 is 22.4 Å². The summed E-state index contributed by atoms with van der Waals surface area (Å²) in [6.07, 6.45) is -0.622. The monoisotopic (exact) mass is 258 g/mol. The summed E-state index contributed by atoms with van der Waals surface area (Å²) in [5, 5.41) is 14.1. The Hall–Kier alpha value is -0.980. The molecule has 1 heterocycles. The molecule has 1 aromatic rings. The maximum atomic E-state index is 11.5. The molecule has 5 nitrogen and oxygen atoms in total. The maximum Gasteiger partial charge on any atom is 0.252 e. The molecule has 0 bridgehead atoms. The number of amides is 1. The van der Waals surface area contributed by atoms with Crippen molar-refractivity contribution in [1.82, 2.24) is 4.98 Å². The second-order valence-electron chi connectivity index (χ2n) is 4.70. The van der Waals surface area contributed by atoms with Crippen LogP contribution in [0.3, 0.4) is 0 Å². The Morgan fingerprint density at radius 1 is 1.65 bits per heavy atom. The molecule has 0 radical (unpaired) electrons. The van der Waals surface area contributed by atoms with Crippen LogP contribution in [0, 0.1) is 0 Å². The third kappa shape index (κ3) is 5.25. The molecule has 96 valence electrons. The lowest BCUT2D eigenvalue weighted by atomic mass is 10.2. The van der Waals surface area contributed by atoms with E-state index in [9.17, 15) is 9.90 Å². The average Bonchev–Trinajstić information content (AvgIpc) is 2.62. The molecule has 1 atom stereocenters. The number of aliphatic hydroxyl groups excluding tert-OH is 1. The van der Waals surface area contributed by atoms with Gasteiger partial charge in [0.25, 0.3) is 5.91 Å². The summed E-state index contributed by atoms with van der Waals surface area (Å²) in [7, 11) is 0. The SMILES string of the molecule is CC(O)c1csc(NC(=O)COC(C)(C)C)n1. The van der Waals surface area contributed by atoms with E-state index in [2.05, 4.69) is 10.3 Å². The minimum absolute atomic E-state index is 0.00685. The number of rotatable bonds is 4. The summed E-state index contributed by atoms with van der Waals surface area (Å²) in [5.74, 6) is -0.244. The van der Waals surface area contributed by atoms with Crippen LogP contribution in [0.4, 0.5) is 5.13 Å². The number of carbonyl (C=O) groups is 1. The van der Waals surface area contributed by atoms with Gasteiger partial charge in [0, 0.05) is 5.38 Å². The normalized spacial score (nSPS) is 13.5. The quantitative estimate of drug-likeness (QED) is 0.866. The first-order valence-electron chi connectivity index (χ1n) is 5.35. The molecule has 6 heteroatoms. The zero-order chi connectivity index (χ0) is 13.1. The predicted molar refractivity (Wildman–Crippen MR) is 67.1 cm³/mol. The maximum absolute atomic E-state index is 11.5. The molecule has 0 aliphatic heterocycles. The van der Waals surface area contributed by atoms with Crippen molar-refractivity contribution in [2.45, 2.75) is 39.4 Å². The van der Waals surface area contributed by atoms with Crippen molar-refractivity contribution < 1.29 is 14.6 Å². The van der Waals surface area contributed by atoms with Crippen molar-refractivity contribution in [3.63, 3.8) is 0 Å². The molecule has 0 saturated heterocycles. The summed E-state index contributed by atoms with van der Waals surface area (Å²) in [6, 6.07) is 0. The van der Waals surface area contributed by atoms with Crippen molar-refractivity contribution in [1.29, 1.82) is 0 Å². The number of aromatic nitrogens is 1. The van der Waals surface area contributed by atoms with Crippen LogP contribution >= 0.6 is 11.3 Å². The van der Waals surface area contributed by atoms with E-state index < -0.39 is 6.10 Å². The van der Waals surface area contributed by atoms with E-state index in [1.807, 2.05) is 20.8 Å². The van der Waals surface area contributed by atoms with Crippen LogP contribution in [0.2, 0.25) is 0 Å². The van der Waals surface area contributed by atoms with Gasteiger partial charge < -0.3 is 9.84 Å². The fourth-order valence-corrected chi connectivity index (χ4v) is 1.79. The standard InChI is InChI=1S/C11H18N2O3S/c1-7(14)8-6-17-10(12-8)13-9(15)5-16-11(2,3)4/h6-7,14H,5H2,1-4H3,(H,12,13,15). The Morgan fingerprint density at radius 2 is 2.29 bits per heavy atom. The zero-order valence-electron chi connectivity index (χ0n) is 10.5. The lowest BCUT2D eigenvalue weighted by molar-refractivity contribution is -0.125. The second-order valence-corrected chi connectivity index (χ2v) is 5.56. The second kappa shape index (κ2) is 5.57. The lowest BCUT2D eigenvalue weighted by Gasteiger charge is -2.18. The zero-order valence-corrected chi connectivity index (χ0v) is 11.3. The Morgan fingerprint density at radius 3 is 2.76 bits per heavy atom. The van der Waals surface area contributed by atoms with Gasteiger partial charge in [-0.1, -0.05) is 0 Å². The van der Waals surface area contributed by atoms with Crippen LogP contribution in [0.5, 0.6) is 0 Å². The minimum Gasteiger partial charge on any atom is -0.387 e. The largest absolute Gasteiger partial charge is 0.387 e. The molecule has 0 saturated carbocycles. The molecule has 0 spiro atoms. The van der Waals surface area contributed by atoms with Crippen LogP contribution in [-0.2, 0) is 9.53 Å². The van der Waals surface area contributed by atoms with Gasteiger partial charge in [0.1, 0.15) is 6.61 Å². The van der Waals surface area contributed by atoms with Gasteiger partial charge in [-0.2, -0.15) is 0 Å². The van der Waals surface area contributed by atoms with Crippen LogP contribution in [0.15, 0.2) is 5.38 Å². The third-order valence-corrected chi connectivity index (χ3v) is 2.61. The average molecular weight is 258 g/mol. The third-order valence-electron chi connectivity index (χ3n) is 1.83. The van der Waals surface area contributed by atoms with E-state index in [0.29, 0.717) is 10.8 Å². The van der Waals surface area contributed by atoms with Crippen molar-refractivity contribution in [2.75, 3.05) is 11.9 Å². The number of hydrogen-bond donors (Lipinski definition) is 2. The van der Waals surface area contributed by atoms with E-state index in [1.54, 1.807) is 12.3 Å². The first-order chi connectivity index (χ1) is 7.78. The van der Waals surface area contributed by atoms with Crippen LogP contribution < -0.4 is 5.32 Å². The number of anilines is 1. The van der Waals surface area contributed by atoms with Gasteiger partial charge in [-0.3, -0.25) is 10.1 Å². The van der Waals surface area contributed by atoms with Gasteiger partial charge in [0.15, 0.2) is 5.13 Å². The number of carbonyl (C=O) groups excluding carboxylic acids is 1. The van der Waals surface area contributed by atoms with Crippen LogP contribution in [0.25, 0.3) is 0 Å². The lowest BCUT2D eigenvalue weighted by Crippen LogP contribution is -2.27. The summed E-state index contributed by atoms with van der Waals surface area (Å²) in [4.78, 5) is 15.6. The van der Waals surface area contributed by atoms with Gasteiger partial charge in [0.05, 0.1) is 17.4 Å². The first kappa shape index (κ1) is 14.1. The van der Waals surface area contributed by atoms with E-state index in [1.165, 1.54) is 11.3 Å². The Balaban J connectivity index is 2.45. The Bertz CT molecular complexity index is 382. The minimum atomic E-state index is -0.622. The number of ether oxygens (including phenoxy) is 1. The van der Waals surface area contributed by atoms with Crippen LogP contribution in [-0.4, -0.2) is 28.2 Å². The fraction of sp³-hybridized carbons (Fsp3) is 0.636. The van der Waals surface area contributed by atoms with E-state index >= 15 is 0 Å².